The van der Waals surface area contributed by atoms with E-state index in [1.807, 2.05) is 42.7 Å². The number of aromatic nitrogens is 4. The Kier molecular flexibility index (Phi) is 6.16. The number of para-hydroxylation sites is 1. The lowest BCUT2D eigenvalue weighted by Crippen LogP contribution is -2.45. The molecule has 1 aromatic carbocycles. The first-order valence-electron chi connectivity index (χ1n) is 9.94. The number of hydrogen-bond acceptors (Lipinski definition) is 6. The van der Waals surface area contributed by atoms with Crippen LogP contribution in [0.2, 0.25) is 0 Å². The van der Waals surface area contributed by atoms with E-state index in [0.29, 0.717) is 5.92 Å². The molecule has 0 atom stereocenters. The number of nitrogens with zero attached hydrogens (tertiary/aromatic N) is 5. The van der Waals surface area contributed by atoms with Gasteiger partial charge in [0.2, 0.25) is 0 Å². The van der Waals surface area contributed by atoms with Gasteiger partial charge in [0.1, 0.15) is 0 Å². The summed E-state index contributed by atoms with van der Waals surface area (Å²) in [6.07, 6.45) is 4.01. The van der Waals surface area contributed by atoms with Gasteiger partial charge >= 0.3 is 12.1 Å². The molecule has 7 nitrogen and oxygen atoms in total. The van der Waals surface area contributed by atoms with Crippen molar-refractivity contribution in [1.29, 1.82) is 0 Å². The number of fused-ring (bicyclic) bond motifs is 1. The van der Waals surface area contributed by atoms with Gasteiger partial charge in [-0.2, -0.15) is 13.2 Å². The van der Waals surface area contributed by atoms with E-state index in [4.69, 9.17) is 9.90 Å². The summed E-state index contributed by atoms with van der Waals surface area (Å²) in [5.41, 5.74) is 5.18. The third-order valence-electron chi connectivity index (χ3n) is 5.11. The minimum Gasteiger partial charge on any atom is -0.475 e. The molecule has 4 heterocycles. The average Bonchev–Trinajstić information content (AvgIpc) is 2.79. The summed E-state index contributed by atoms with van der Waals surface area (Å²) in [6, 6.07) is 14.4. The summed E-state index contributed by atoms with van der Waals surface area (Å²) in [6.45, 7) is 1.85. The summed E-state index contributed by atoms with van der Waals surface area (Å²) in [5.74, 6) is -2.39. The van der Waals surface area contributed by atoms with Crippen molar-refractivity contribution in [2.24, 2.45) is 0 Å². The lowest BCUT2D eigenvalue weighted by atomic mass is 9.92. The zero-order valence-corrected chi connectivity index (χ0v) is 17.1. The molecule has 1 aliphatic rings. The van der Waals surface area contributed by atoms with Crippen LogP contribution in [0, 0.1) is 0 Å². The van der Waals surface area contributed by atoms with Gasteiger partial charge < -0.3 is 10.0 Å². The minimum atomic E-state index is -5.08. The highest BCUT2D eigenvalue weighted by Crippen LogP contribution is 2.35. The van der Waals surface area contributed by atoms with E-state index < -0.39 is 12.1 Å². The Hall–Kier alpha value is -4.08. The Balaban J connectivity index is 0.000000325. The van der Waals surface area contributed by atoms with E-state index in [0.717, 1.165) is 41.2 Å². The van der Waals surface area contributed by atoms with Crippen LogP contribution < -0.4 is 4.90 Å². The fourth-order valence-electron chi connectivity index (χ4n) is 3.47. The number of alkyl halides is 3. The number of halogens is 3. The van der Waals surface area contributed by atoms with E-state index in [9.17, 15) is 13.2 Å². The molecule has 1 fully saturated rings. The third-order valence-corrected chi connectivity index (χ3v) is 5.11. The molecule has 0 unspecified atom stereocenters. The van der Waals surface area contributed by atoms with Crippen LogP contribution in [-0.4, -0.2) is 50.3 Å². The van der Waals surface area contributed by atoms with E-state index in [1.54, 1.807) is 18.6 Å². The van der Waals surface area contributed by atoms with Crippen molar-refractivity contribution in [3.05, 3.63) is 79.1 Å². The third kappa shape index (κ3) is 5.05. The maximum atomic E-state index is 10.6. The predicted molar refractivity (Wildman–Crippen MR) is 116 cm³/mol. The van der Waals surface area contributed by atoms with Gasteiger partial charge in [0.15, 0.2) is 0 Å². The molecular formula is C23H18F3N5O2. The second kappa shape index (κ2) is 9.19. The molecule has 33 heavy (non-hydrogen) atoms. The first-order valence-corrected chi connectivity index (χ1v) is 9.94. The van der Waals surface area contributed by atoms with Gasteiger partial charge in [-0.15, -0.1) is 0 Å². The molecule has 1 saturated heterocycles. The minimum absolute atomic E-state index is 0.366. The van der Waals surface area contributed by atoms with Gasteiger partial charge in [-0.3, -0.25) is 19.9 Å². The van der Waals surface area contributed by atoms with Gasteiger partial charge in [0, 0.05) is 54.7 Å². The zero-order chi connectivity index (χ0) is 23.4. The normalized spacial score (nSPS) is 13.7. The monoisotopic (exact) mass is 453 g/mol. The molecule has 0 bridgehead atoms. The summed E-state index contributed by atoms with van der Waals surface area (Å²) in [7, 11) is 0. The van der Waals surface area contributed by atoms with E-state index in [1.165, 1.54) is 5.39 Å². The number of aliphatic carboxylic acids is 1. The molecule has 0 amide bonds. The second-order valence-corrected chi connectivity index (χ2v) is 7.32. The number of carboxylic acids is 1. The van der Waals surface area contributed by atoms with Gasteiger partial charge in [0.25, 0.3) is 0 Å². The Morgan fingerprint density at radius 1 is 0.970 bits per heavy atom. The summed E-state index contributed by atoms with van der Waals surface area (Å²) < 4.78 is 31.7. The number of rotatable bonds is 3. The van der Waals surface area contributed by atoms with Crippen molar-refractivity contribution in [1.82, 2.24) is 19.9 Å². The second-order valence-electron chi connectivity index (χ2n) is 7.32. The Morgan fingerprint density at radius 2 is 1.70 bits per heavy atom. The lowest BCUT2D eigenvalue weighted by molar-refractivity contribution is -0.192. The number of anilines is 1. The van der Waals surface area contributed by atoms with Crippen molar-refractivity contribution in [3.63, 3.8) is 0 Å². The first-order chi connectivity index (χ1) is 15.8. The van der Waals surface area contributed by atoms with Crippen LogP contribution in [0.1, 0.15) is 11.6 Å². The molecule has 10 heteroatoms. The molecule has 0 saturated carbocycles. The molecule has 4 aromatic rings. The maximum Gasteiger partial charge on any atom is 0.490 e. The average molecular weight is 453 g/mol. The standard InChI is InChI=1S/C21H17N5.C2HF3O2/c1-2-6-19-15(4-1)10-18(12-25-19)26-13-17(14-26)21-20(23-8-9-24-21)16-5-3-7-22-11-16;3-2(4,5)1(6)7/h1-12,17H,13-14H2;(H,6,7). The largest absolute Gasteiger partial charge is 0.490 e. The molecule has 1 aliphatic heterocycles. The van der Waals surface area contributed by atoms with Crippen LogP contribution in [0.25, 0.3) is 22.2 Å². The lowest BCUT2D eigenvalue weighted by Gasteiger charge is -2.41. The summed E-state index contributed by atoms with van der Waals surface area (Å²) in [5, 5.41) is 8.30. The van der Waals surface area contributed by atoms with Crippen molar-refractivity contribution >= 4 is 22.6 Å². The highest BCUT2D eigenvalue weighted by molar-refractivity contribution is 5.82. The number of pyridine rings is 2. The van der Waals surface area contributed by atoms with Gasteiger partial charge in [-0.25, -0.2) is 4.79 Å². The molecule has 0 radical (unpaired) electrons. The van der Waals surface area contributed by atoms with Crippen molar-refractivity contribution in [2.45, 2.75) is 12.1 Å². The van der Waals surface area contributed by atoms with Crippen LogP contribution in [0.5, 0.6) is 0 Å². The smallest absolute Gasteiger partial charge is 0.475 e. The fourth-order valence-corrected chi connectivity index (χ4v) is 3.47. The molecule has 3 aromatic heterocycles. The van der Waals surface area contributed by atoms with Crippen LogP contribution in [0.3, 0.4) is 0 Å². The summed E-state index contributed by atoms with van der Waals surface area (Å²) >= 11 is 0. The molecule has 1 N–H and O–H groups in total. The Labute approximate surface area is 186 Å². The van der Waals surface area contributed by atoms with Crippen molar-refractivity contribution in [3.8, 4) is 11.3 Å². The van der Waals surface area contributed by atoms with Crippen molar-refractivity contribution < 1.29 is 23.1 Å². The zero-order valence-electron chi connectivity index (χ0n) is 17.1. The van der Waals surface area contributed by atoms with E-state index in [2.05, 4.69) is 37.0 Å². The predicted octanol–water partition coefficient (Wildman–Crippen LogP) is 4.32. The van der Waals surface area contributed by atoms with Crippen LogP contribution in [0.4, 0.5) is 18.9 Å². The quantitative estimate of drug-likeness (QED) is 0.494. The molecule has 0 aliphatic carbocycles. The number of benzene rings is 1. The maximum absolute atomic E-state index is 10.6. The highest BCUT2D eigenvalue weighted by Gasteiger charge is 2.38. The van der Waals surface area contributed by atoms with Gasteiger partial charge in [0.05, 0.1) is 28.8 Å². The van der Waals surface area contributed by atoms with Crippen LogP contribution in [0.15, 0.2) is 73.4 Å². The Bertz CT molecular complexity index is 1260. The van der Waals surface area contributed by atoms with E-state index >= 15 is 0 Å². The molecule has 5 rings (SSSR count). The summed E-state index contributed by atoms with van der Waals surface area (Å²) in [4.78, 5) is 29.2. The van der Waals surface area contributed by atoms with E-state index in [-0.39, 0.29) is 0 Å². The molecule has 168 valence electrons. The number of carboxylic acid groups (broad SMARTS) is 1. The van der Waals surface area contributed by atoms with Crippen LogP contribution >= 0.6 is 0 Å². The topological polar surface area (TPSA) is 92.1 Å². The fraction of sp³-hybridized carbons (Fsp3) is 0.174. The first kappa shape index (κ1) is 22.1. The molecular weight excluding hydrogens is 435 g/mol. The van der Waals surface area contributed by atoms with Gasteiger partial charge in [-0.05, 0) is 24.3 Å². The highest BCUT2D eigenvalue weighted by atomic mass is 19.4. The van der Waals surface area contributed by atoms with Gasteiger partial charge in [-0.1, -0.05) is 18.2 Å². The number of carbonyl (C=O) groups is 1. The van der Waals surface area contributed by atoms with Crippen molar-refractivity contribution in [2.75, 3.05) is 18.0 Å². The Morgan fingerprint density at radius 3 is 2.39 bits per heavy atom. The molecule has 0 spiro atoms. The SMILES string of the molecule is O=C(O)C(F)(F)F.c1cncc(-c2nccnc2C2CN(c3cnc4ccccc4c3)C2)c1. The number of hydrogen-bond donors (Lipinski definition) is 1. The van der Waals surface area contributed by atoms with Crippen LogP contribution in [-0.2, 0) is 4.79 Å².